The lowest BCUT2D eigenvalue weighted by Crippen LogP contribution is -2.54. The molecule has 8 N–H and O–H groups in total. The molecule has 362 valence electrons. The summed E-state index contributed by atoms with van der Waals surface area (Å²) in [4.78, 5) is 87.3. The van der Waals surface area contributed by atoms with E-state index in [9.17, 15) is 28.8 Å². The van der Waals surface area contributed by atoms with E-state index in [-0.39, 0.29) is 85.3 Å². The summed E-state index contributed by atoms with van der Waals surface area (Å²) in [5.41, 5.74) is 18.6. The third-order valence-corrected chi connectivity index (χ3v) is 16.1. The molecule has 0 aromatic heterocycles. The van der Waals surface area contributed by atoms with Crippen molar-refractivity contribution in [2.45, 2.75) is 164 Å². The Morgan fingerprint density at radius 2 is 0.853 bits per heavy atom. The second kappa shape index (κ2) is 21.4. The van der Waals surface area contributed by atoms with Crippen LogP contribution in [-0.2, 0) is 32.0 Å². The maximum atomic E-state index is 14.1. The van der Waals surface area contributed by atoms with Crippen LogP contribution in [0.1, 0.15) is 158 Å². The molecule has 68 heavy (non-hydrogen) atoms. The Morgan fingerprint density at radius 3 is 1.25 bits per heavy atom. The third-order valence-electron chi connectivity index (χ3n) is 16.1. The van der Waals surface area contributed by atoms with Crippen molar-refractivity contribution >= 4 is 35.4 Å². The number of benzene rings is 3. The molecule has 2 heterocycles. The first-order valence-corrected chi connectivity index (χ1v) is 25.6. The summed E-state index contributed by atoms with van der Waals surface area (Å²) < 4.78 is 0. The molecule has 6 aliphatic rings. The Hall–Kier alpha value is -5.60. The largest absolute Gasteiger partial charge is 0.347 e. The average Bonchev–Trinajstić information content (AvgIpc) is 4.01. The summed E-state index contributed by atoms with van der Waals surface area (Å²) in [7, 11) is 0. The quantitative estimate of drug-likeness (QED) is 0.140. The first kappa shape index (κ1) is 47.5. The summed E-state index contributed by atoms with van der Waals surface area (Å²) >= 11 is 0. The molecule has 6 amide bonds. The lowest BCUT2D eigenvalue weighted by molar-refractivity contribution is -0.141. The van der Waals surface area contributed by atoms with Gasteiger partial charge in [-0.2, -0.15) is 0 Å². The Morgan fingerprint density at radius 1 is 0.471 bits per heavy atom. The lowest BCUT2D eigenvalue weighted by Gasteiger charge is -2.33. The van der Waals surface area contributed by atoms with Crippen molar-refractivity contribution in [2.75, 3.05) is 13.1 Å². The standard InChI is InChI=1S/C54H70N8O6/c55-47(35-15-3-1-4-16-35)53(67)61-31-39(29-45(61)51(65)59-43-23-11-19-33-13-7-9-21-41(33)43)57-49(63)37-25-27-38(28-26-37)50(64)58-40-30-46(62(32-40)54(68)48(56)36-17-5-2-6-18-36)52(66)60-44-24-12-20-34-14-8-10-22-42(34)44/h7-10,13-14,21-22,25-28,35-36,39-40,43-48H,1-6,11-12,15-20,23-24,29-32,55-56H2,(H,57,63)(H,58,64)(H,59,65)(H,60,66)/t39-,40-,43+,44+,45-,46-,47-,48-/m0/s1. The Kier molecular flexibility index (Phi) is 14.9. The number of rotatable bonds is 12. The Balaban J connectivity index is 0.847. The van der Waals surface area contributed by atoms with E-state index in [0.29, 0.717) is 11.1 Å². The summed E-state index contributed by atoms with van der Waals surface area (Å²) in [6.07, 6.45) is 15.8. The third kappa shape index (κ3) is 10.5. The normalized spacial score (nSPS) is 26.1. The van der Waals surface area contributed by atoms with Gasteiger partial charge in [-0.3, -0.25) is 28.8 Å². The maximum absolute atomic E-state index is 14.1. The number of amides is 6. The van der Waals surface area contributed by atoms with Crippen LogP contribution < -0.4 is 32.7 Å². The molecular weight excluding hydrogens is 857 g/mol. The van der Waals surface area contributed by atoms with E-state index in [1.165, 1.54) is 11.1 Å². The number of hydrogen-bond acceptors (Lipinski definition) is 8. The molecule has 0 unspecified atom stereocenters. The van der Waals surface area contributed by atoms with Crippen LogP contribution in [0.25, 0.3) is 0 Å². The monoisotopic (exact) mass is 927 g/mol. The fourth-order valence-corrected chi connectivity index (χ4v) is 12.3. The summed E-state index contributed by atoms with van der Waals surface area (Å²) in [5, 5.41) is 12.6. The number of aryl methyl sites for hydroxylation is 2. The van der Waals surface area contributed by atoms with Gasteiger partial charge in [0.2, 0.25) is 23.6 Å². The van der Waals surface area contributed by atoms with Crippen LogP contribution in [0, 0.1) is 11.8 Å². The summed E-state index contributed by atoms with van der Waals surface area (Å²) in [5.74, 6) is -1.66. The molecule has 2 saturated carbocycles. The highest BCUT2D eigenvalue weighted by Crippen LogP contribution is 2.34. The van der Waals surface area contributed by atoms with E-state index in [0.717, 1.165) is 114 Å². The van der Waals surface area contributed by atoms with Crippen LogP contribution in [0.2, 0.25) is 0 Å². The van der Waals surface area contributed by atoms with E-state index in [2.05, 4.69) is 45.5 Å². The molecular formula is C54H70N8O6. The first-order chi connectivity index (χ1) is 33.0. The van der Waals surface area contributed by atoms with E-state index < -0.39 is 36.3 Å². The van der Waals surface area contributed by atoms with Gasteiger partial charge in [0, 0.05) is 36.3 Å². The minimum Gasteiger partial charge on any atom is -0.347 e. The number of carbonyl (C=O) groups is 6. The van der Waals surface area contributed by atoms with Crippen LogP contribution in [0.15, 0.2) is 72.8 Å². The molecule has 14 nitrogen and oxygen atoms in total. The van der Waals surface area contributed by atoms with Gasteiger partial charge in [-0.05, 0) is 135 Å². The summed E-state index contributed by atoms with van der Waals surface area (Å²) in [6, 6.07) is 18.3. The zero-order valence-electron chi connectivity index (χ0n) is 39.3. The summed E-state index contributed by atoms with van der Waals surface area (Å²) in [6.45, 7) is 0.314. The topological polar surface area (TPSA) is 209 Å². The number of likely N-dealkylation sites (tertiary alicyclic amines) is 2. The van der Waals surface area contributed by atoms with Gasteiger partial charge in [0.1, 0.15) is 12.1 Å². The van der Waals surface area contributed by atoms with Gasteiger partial charge >= 0.3 is 0 Å². The first-order valence-electron chi connectivity index (χ1n) is 25.6. The van der Waals surface area contributed by atoms with Gasteiger partial charge in [0.05, 0.1) is 24.2 Å². The van der Waals surface area contributed by atoms with Gasteiger partial charge in [0.25, 0.3) is 11.8 Å². The molecule has 3 aromatic rings. The molecule has 0 bridgehead atoms. The van der Waals surface area contributed by atoms with Crippen molar-refractivity contribution in [1.82, 2.24) is 31.1 Å². The smallest absolute Gasteiger partial charge is 0.251 e. The number of fused-ring (bicyclic) bond motifs is 2. The fraction of sp³-hybridized carbons (Fsp3) is 0.556. The number of nitrogens with zero attached hydrogens (tertiary/aromatic N) is 2. The van der Waals surface area contributed by atoms with E-state index in [1.807, 2.05) is 24.3 Å². The van der Waals surface area contributed by atoms with E-state index >= 15 is 0 Å². The van der Waals surface area contributed by atoms with Gasteiger partial charge in [-0.25, -0.2) is 0 Å². The SMILES string of the molecule is N[C@H](C(=O)N1C[C@@H](NC(=O)c2ccc(C(=O)N[C@H]3C[C@@H](C(=O)N[C@@H]4CCCc5ccccc54)N(C(=O)[C@@H](N)C4CCCCC4)C3)cc2)C[C@H]1C(=O)N[C@@H]1CCCc2ccccc21)C1CCCCC1. The maximum Gasteiger partial charge on any atom is 0.251 e. The fourth-order valence-electron chi connectivity index (χ4n) is 12.3. The number of nitrogens with two attached hydrogens (primary N) is 2. The van der Waals surface area contributed by atoms with Crippen LogP contribution in [0.3, 0.4) is 0 Å². The molecule has 2 aliphatic heterocycles. The molecule has 9 rings (SSSR count). The minimum atomic E-state index is -0.790. The zero-order chi connectivity index (χ0) is 47.3. The predicted octanol–water partition coefficient (Wildman–Crippen LogP) is 5.29. The highest BCUT2D eigenvalue weighted by atomic mass is 16.2. The van der Waals surface area contributed by atoms with Gasteiger partial charge in [0.15, 0.2) is 0 Å². The van der Waals surface area contributed by atoms with Crippen LogP contribution >= 0.6 is 0 Å². The van der Waals surface area contributed by atoms with E-state index in [4.69, 9.17) is 11.5 Å². The number of carbonyl (C=O) groups excluding carboxylic acids is 6. The van der Waals surface area contributed by atoms with Crippen molar-refractivity contribution in [3.8, 4) is 0 Å². The van der Waals surface area contributed by atoms with Crippen molar-refractivity contribution < 1.29 is 28.8 Å². The molecule has 0 spiro atoms. The highest BCUT2D eigenvalue weighted by Gasteiger charge is 2.45. The van der Waals surface area contributed by atoms with Gasteiger partial charge < -0.3 is 42.5 Å². The second-order valence-corrected chi connectivity index (χ2v) is 20.6. The molecule has 8 atom stereocenters. The molecule has 0 radical (unpaired) electrons. The molecule has 4 aliphatic carbocycles. The number of hydrogen-bond donors (Lipinski definition) is 6. The van der Waals surface area contributed by atoms with Gasteiger partial charge in [-0.15, -0.1) is 0 Å². The van der Waals surface area contributed by atoms with Crippen molar-refractivity contribution in [2.24, 2.45) is 23.3 Å². The number of nitrogens with one attached hydrogen (secondary N) is 4. The van der Waals surface area contributed by atoms with Crippen LogP contribution in [0.4, 0.5) is 0 Å². The van der Waals surface area contributed by atoms with Crippen LogP contribution in [-0.4, -0.2) is 94.6 Å². The lowest BCUT2D eigenvalue weighted by atomic mass is 9.83. The average molecular weight is 927 g/mol. The van der Waals surface area contributed by atoms with Crippen molar-refractivity contribution in [1.29, 1.82) is 0 Å². The second-order valence-electron chi connectivity index (χ2n) is 20.6. The van der Waals surface area contributed by atoms with Gasteiger partial charge in [-0.1, -0.05) is 87.1 Å². The minimum absolute atomic E-state index is 0.0557. The highest BCUT2D eigenvalue weighted by molar-refractivity contribution is 5.99. The Labute approximate surface area is 400 Å². The molecule has 2 saturated heterocycles. The molecule has 4 fully saturated rings. The van der Waals surface area contributed by atoms with Crippen molar-refractivity contribution in [3.63, 3.8) is 0 Å². The molecule has 3 aromatic carbocycles. The van der Waals surface area contributed by atoms with Crippen LogP contribution in [0.5, 0.6) is 0 Å². The Bertz CT molecular complexity index is 2170. The zero-order valence-corrected chi connectivity index (χ0v) is 39.3. The van der Waals surface area contributed by atoms with Crippen molar-refractivity contribution in [3.05, 3.63) is 106 Å². The molecule has 14 heteroatoms. The van der Waals surface area contributed by atoms with E-state index in [1.54, 1.807) is 34.1 Å². The predicted molar refractivity (Wildman–Crippen MR) is 259 cm³/mol.